The molecule has 0 saturated carbocycles. The van der Waals surface area contributed by atoms with E-state index in [0.29, 0.717) is 29.6 Å². The Bertz CT molecular complexity index is 976. The van der Waals surface area contributed by atoms with Gasteiger partial charge in [0.15, 0.2) is 5.16 Å². The van der Waals surface area contributed by atoms with E-state index in [9.17, 15) is 9.59 Å². The molecule has 8 nitrogen and oxygen atoms in total. The number of carbonyl (C=O) groups excluding carboxylic acids is 2. The molecule has 0 saturated heterocycles. The number of aromatic nitrogens is 3. The monoisotopic (exact) mass is 425 g/mol. The van der Waals surface area contributed by atoms with Gasteiger partial charge in [-0.2, -0.15) is 0 Å². The molecule has 1 heterocycles. The molecule has 0 aliphatic carbocycles. The highest BCUT2D eigenvalue weighted by molar-refractivity contribution is 7.99. The van der Waals surface area contributed by atoms with Crippen molar-refractivity contribution in [2.75, 3.05) is 31.3 Å². The Hall–Kier alpha value is -3.33. The highest BCUT2D eigenvalue weighted by atomic mass is 32.2. The van der Waals surface area contributed by atoms with Gasteiger partial charge in [-0.1, -0.05) is 30.0 Å². The first-order valence-corrected chi connectivity index (χ1v) is 10.3. The second-order valence-corrected chi connectivity index (χ2v) is 7.47. The third-order valence-corrected chi connectivity index (χ3v) is 5.24. The quantitative estimate of drug-likeness (QED) is 0.530. The Morgan fingerprint density at radius 1 is 1.13 bits per heavy atom. The number of anilines is 1. The summed E-state index contributed by atoms with van der Waals surface area (Å²) in [6, 6.07) is 16.3. The minimum Gasteiger partial charge on any atom is -0.492 e. The van der Waals surface area contributed by atoms with E-state index in [1.807, 2.05) is 37.4 Å². The van der Waals surface area contributed by atoms with Crippen molar-refractivity contribution in [2.45, 2.75) is 5.16 Å². The van der Waals surface area contributed by atoms with Gasteiger partial charge in [0.2, 0.25) is 5.91 Å². The predicted molar refractivity (Wildman–Crippen MR) is 116 cm³/mol. The van der Waals surface area contributed by atoms with Crippen molar-refractivity contribution in [3.05, 3.63) is 66.5 Å². The third kappa shape index (κ3) is 6.08. The fraction of sp³-hybridized carbons (Fsp3) is 0.238. The smallest absolute Gasteiger partial charge is 0.253 e. The van der Waals surface area contributed by atoms with Gasteiger partial charge in [-0.25, -0.2) is 0 Å². The molecule has 3 aromatic rings. The number of hydrogen-bond acceptors (Lipinski definition) is 6. The van der Waals surface area contributed by atoms with E-state index in [2.05, 4.69) is 15.5 Å². The van der Waals surface area contributed by atoms with Gasteiger partial charge >= 0.3 is 0 Å². The number of rotatable bonds is 9. The van der Waals surface area contributed by atoms with Crippen LogP contribution in [0, 0.1) is 0 Å². The maximum atomic E-state index is 12.6. The number of para-hydroxylation sites is 1. The second kappa shape index (κ2) is 10.4. The van der Waals surface area contributed by atoms with E-state index < -0.39 is 0 Å². The molecule has 0 aliphatic rings. The van der Waals surface area contributed by atoms with E-state index in [4.69, 9.17) is 4.74 Å². The number of hydrogen-bond donors (Lipinski definition) is 1. The van der Waals surface area contributed by atoms with Crippen molar-refractivity contribution in [1.82, 2.24) is 19.7 Å². The fourth-order valence-corrected chi connectivity index (χ4v) is 3.25. The van der Waals surface area contributed by atoms with Crippen LogP contribution in [0.4, 0.5) is 5.69 Å². The molecule has 3 rings (SSSR count). The maximum Gasteiger partial charge on any atom is 0.253 e. The van der Waals surface area contributed by atoms with E-state index in [1.165, 1.54) is 11.8 Å². The van der Waals surface area contributed by atoms with Crippen LogP contribution >= 0.6 is 11.8 Å². The lowest BCUT2D eigenvalue weighted by atomic mass is 10.2. The van der Waals surface area contributed by atoms with E-state index in [1.54, 1.807) is 47.1 Å². The SMILES string of the molecule is CN(CCOc1ccccc1)C(=O)c1ccc(NC(=O)CSc2nncn2C)cc1. The predicted octanol–water partition coefficient (Wildman–Crippen LogP) is 2.70. The summed E-state index contributed by atoms with van der Waals surface area (Å²) >= 11 is 1.30. The number of aryl methyl sites for hydroxylation is 1. The molecule has 0 radical (unpaired) electrons. The first kappa shape index (κ1) is 21.4. The minimum absolute atomic E-state index is 0.109. The summed E-state index contributed by atoms with van der Waals surface area (Å²) in [6.45, 7) is 0.870. The van der Waals surface area contributed by atoms with Gasteiger partial charge in [0, 0.05) is 25.3 Å². The van der Waals surface area contributed by atoms with Crippen LogP contribution in [0.1, 0.15) is 10.4 Å². The largest absolute Gasteiger partial charge is 0.492 e. The topological polar surface area (TPSA) is 89.3 Å². The average molecular weight is 426 g/mol. The molecule has 2 aromatic carbocycles. The summed E-state index contributed by atoms with van der Waals surface area (Å²) in [5.74, 6) is 0.729. The molecule has 0 spiro atoms. The van der Waals surface area contributed by atoms with E-state index >= 15 is 0 Å². The molecule has 0 unspecified atom stereocenters. The summed E-state index contributed by atoms with van der Waals surface area (Å²) in [6.07, 6.45) is 1.58. The van der Waals surface area contributed by atoms with Crippen LogP contribution in [0.5, 0.6) is 5.75 Å². The number of nitrogens with zero attached hydrogens (tertiary/aromatic N) is 4. The zero-order valence-corrected chi connectivity index (χ0v) is 17.6. The van der Waals surface area contributed by atoms with Crippen LogP contribution in [0.25, 0.3) is 0 Å². The second-order valence-electron chi connectivity index (χ2n) is 6.53. The van der Waals surface area contributed by atoms with Gasteiger partial charge in [0.1, 0.15) is 18.7 Å². The Kier molecular flexibility index (Phi) is 7.45. The molecule has 0 fully saturated rings. The first-order chi connectivity index (χ1) is 14.5. The van der Waals surface area contributed by atoms with Crippen LogP contribution in [0.2, 0.25) is 0 Å². The normalized spacial score (nSPS) is 10.5. The summed E-state index contributed by atoms with van der Waals surface area (Å²) in [4.78, 5) is 26.3. The van der Waals surface area contributed by atoms with Crippen molar-refractivity contribution < 1.29 is 14.3 Å². The van der Waals surface area contributed by atoms with Gasteiger partial charge in [-0.3, -0.25) is 9.59 Å². The Morgan fingerprint density at radius 3 is 2.53 bits per heavy atom. The summed E-state index contributed by atoms with van der Waals surface area (Å²) in [5, 5.41) is 11.2. The van der Waals surface area contributed by atoms with Gasteiger partial charge in [-0.05, 0) is 36.4 Å². The van der Waals surface area contributed by atoms with Crippen LogP contribution in [0.15, 0.2) is 66.1 Å². The molecule has 9 heteroatoms. The minimum atomic E-state index is -0.155. The van der Waals surface area contributed by atoms with Gasteiger partial charge in [0.05, 0.1) is 12.3 Å². The van der Waals surface area contributed by atoms with Crippen molar-refractivity contribution >= 4 is 29.3 Å². The maximum absolute atomic E-state index is 12.6. The van der Waals surface area contributed by atoms with Crippen LogP contribution in [-0.4, -0.2) is 57.4 Å². The van der Waals surface area contributed by atoms with Crippen LogP contribution in [-0.2, 0) is 11.8 Å². The molecule has 30 heavy (non-hydrogen) atoms. The Labute approximate surface area is 179 Å². The zero-order chi connectivity index (χ0) is 21.3. The van der Waals surface area contributed by atoms with Crippen molar-refractivity contribution in [3.8, 4) is 5.75 Å². The number of amides is 2. The van der Waals surface area contributed by atoms with Gasteiger partial charge < -0.3 is 19.5 Å². The lowest BCUT2D eigenvalue weighted by Crippen LogP contribution is -2.30. The number of likely N-dealkylation sites (N-methyl/N-ethyl adjacent to an activating group) is 1. The first-order valence-electron chi connectivity index (χ1n) is 9.33. The zero-order valence-electron chi connectivity index (χ0n) is 16.8. The number of nitrogens with one attached hydrogen (secondary N) is 1. The van der Waals surface area contributed by atoms with Crippen LogP contribution < -0.4 is 10.1 Å². The van der Waals surface area contributed by atoms with Crippen molar-refractivity contribution in [2.24, 2.45) is 7.05 Å². The van der Waals surface area contributed by atoms with E-state index in [-0.39, 0.29) is 17.6 Å². The highest BCUT2D eigenvalue weighted by Gasteiger charge is 2.12. The summed E-state index contributed by atoms with van der Waals surface area (Å²) in [7, 11) is 3.55. The molecule has 0 aliphatic heterocycles. The highest BCUT2D eigenvalue weighted by Crippen LogP contribution is 2.15. The summed E-state index contributed by atoms with van der Waals surface area (Å²) < 4.78 is 7.38. The molecule has 0 bridgehead atoms. The molecular weight excluding hydrogens is 402 g/mol. The molecule has 2 amide bonds. The van der Waals surface area contributed by atoms with Crippen molar-refractivity contribution in [3.63, 3.8) is 0 Å². The molecule has 156 valence electrons. The average Bonchev–Trinajstić information content (AvgIpc) is 3.17. The number of benzene rings is 2. The standard InChI is InChI=1S/C21H23N5O3S/c1-25(12-13-29-18-6-4-3-5-7-18)20(28)16-8-10-17(11-9-16)23-19(27)14-30-21-24-22-15-26(21)2/h3-11,15H,12-14H2,1-2H3,(H,23,27). The fourth-order valence-electron chi connectivity index (χ4n) is 2.57. The number of carbonyl (C=O) groups is 2. The number of thioether (sulfide) groups is 1. The van der Waals surface area contributed by atoms with E-state index in [0.717, 1.165) is 5.75 Å². The van der Waals surface area contributed by atoms with Gasteiger partial charge in [0.25, 0.3) is 5.91 Å². The third-order valence-electron chi connectivity index (χ3n) is 4.20. The number of ether oxygens (including phenoxy) is 1. The Balaban J connectivity index is 1.45. The Morgan fingerprint density at radius 2 is 1.87 bits per heavy atom. The lowest BCUT2D eigenvalue weighted by Gasteiger charge is -2.18. The molecular formula is C21H23N5O3S. The molecule has 1 aromatic heterocycles. The molecule has 1 N–H and O–H groups in total. The van der Waals surface area contributed by atoms with Gasteiger partial charge in [-0.15, -0.1) is 10.2 Å². The van der Waals surface area contributed by atoms with Crippen molar-refractivity contribution in [1.29, 1.82) is 0 Å². The summed E-state index contributed by atoms with van der Waals surface area (Å²) in [5.41, 5.74) is 1.17. The molecule has 0 atom stereocenters. The van der Waals surface area contributed by atoms with Crippen LogP contribution in [0.3, 0.4) is 0 Å². The lowest BCUT2D eigenvalue weighted by molar-refractivity contribution is -0.113.